The number of carboxylic acid groups (broad SMARTS) is 5. The molecule has 0 aromatic heterocycles. The molecule has 0 amide bonds. The van der Waals surface area contributed by atoms with Gasteiger partial charge in [-0.2, -0.15) is 0 Å². The van der Waals surface area contributed by atoms with Crippen molar-refractivity contribution in [2.45, 2.75) is 0 Å². The summed E-state index contributed by atoms with van der Waals surface area (Å²) in [6, 6.07) is 0. The summed E-state index contributed by atoms with van der Waals surface area (Å²) in [5, 5.41) is 78.0. The van der Waals surface area contributed by atoms with Gasteiger partial charge in [0.1, 0.15) is 19.8 Å². The molecule has 155 valence electrons. The van der Waals surface area contributed by atoms with Crippen LogP contribution >= 0.6 is 0 Å². The van der Waals surface area contributed by atoms with E-state index < -0.39 is 62.9 Å². The monoisotopic (exact) mass is 614 g/mol. The summed E-state index contributed by atoms with van der Waals surface area (Å²) in [4.78, 5) is 45.4. The fraction of sp³-hybridized carbons (Fsp3) is 0.500. The average molecular weight is 615 g/mol. The molecule has 16 heteroatoms. The molecule has 0 saturated carbocycles. The number of carbonyl (C=O) groups is 5. The number of carbonyl (C=O) groups excluding carboxylic acids is 2. The third kappa shape index (κ3) is 149. The fourth-order valence-corrected chi connectivity index (χ4v) is 0. The van der Waals surface area contributed by atoms with E-state index in [0.717, 1.165) is 0 Å². The largest absolute Gasteiger partial charge is 0.548 e. The average Bonchev–Trinajstić information content (AvgIpc) is 2.56. The molecule has 0 aliphatic heterocycles. The van der Waals surface area contributed by atoms with Gasteiger partial charge in [-0.1, -0.05) is 0 Å². The van der Waals surface area contributed by atoms with Crippen LogP contribution in [0.15, 0.2) is 0 Å². The molecule has 26 heavy (non-hydrogen) atoms. The van der Waals surface area contributed by atoms with Crippen LogP contribution in [0.1, 0.15) is 0 Å². The summed E-state index contributed by atoms with van der Waals surface area (Å²) in [6.07, 6.45) is 0. The second-order valence-corrected chi connectivity index (χ2v) is 2.72. The van der Waals surface area contributed by atoms with Crippen LogP contribution in [-0.2, 0) is 24.0 Å². The van der Waals surface area contributed by atoms with E-state index in [-0.39, 0.29) is 29.9 Å². The Morgan fingerprint density at radius 3 is 0.577 bits per heavy atom. The fourth-order valence-electron chi connectivity index (χ4n) is 0. The molecule has 15 nitrogen and oxygen atoms in total. The number of hydrogen-bond donors (Lipinski definition) is 8. The molecule has 0 saturated heterocycles. The Kier molecular flexibility index (Phi) is 52.1. The van der Waals surface area contributed by atoms with E-state index >= 15 is 0 Å². The molecular formula is C10H18NpO15-2. The maximum atomic E-state index is 9.12. The van der Waals surface area contributed by atoms with Crippen LogP contribution < -0.4 is 10.2 Å². The standard InChI is InChI=1S/5C2H4O3.Np/c5*3-1-2(4)5;/h5*3H,1H2,(H,4,5);/p-2. The minimum absolute atomic E-state index is 0. The molecule has 0 aliphatic rings. The van der Waals surface area contributed by atoms with E-state index in [9.17, 15) is 0 Å². The predicted octanol–water partition coefficient (Wildman–Crippen LogP) is -7.35. The van der Waals surface area contributed by atoms with Crippen molar-refractivity contribution in [3.05, 3.63) is 0 Å². The van der Waals surface area contributed by atoms with Crippen molar-refractivity contribution >= 4 is 29.8 Å². The molecule has 0 aliphatic carbocycles. The van der Waals surface area contributed by atoms with E-state index in [1.165, 1.54) is 0 Å². The van der Waals surface area contributed by atoms with Crippen LogP contribution in [0.4, 0.5) is 0 Å². The molecule has 0 atom stereocenters. The van der Waals surface area contributed by atoms with Gasteiger partial charge in [0.15, 0.2) is 0 Å². The topological polar surface area (TPSA) is 293 Å². The van der Waals surface area contributed by atoms with Gasteiger partial charge in [0, 0.05) is 29.9 Å². The number of aliphatic hydroxyl groups is 5. The molecule has 0 spiro atoms. The van der Waals surface area contributed by atoms with Crippen molar-refractivity contribution in [3.63, 3.8) is 0 Å². The Labute approximate surface area is 168 Å². The SMILES string of the molecule is O=C(O)CO.O=C(O)CO.O=C(O)CO.O=C([O-])CO.O=C([O-])CO.[Np]. The van der Waals surface area contributed by atoms with Crippen molar-refractivity contribution in [1.82, 2.24) is 0 Å². The van der Waals surface area contributed by atoms with Gasteiger partial charge in [0.25, 0.3) is 0 Å². The molecule has 0 rings (SSSR count). The zero-order valence-electron chi connectivity index (χ0n) is 12.9. The smallest absolute Gasteiger partial charge is 0.329 e. The van der Waals surface area contributed by atoms with Crippen LogP contribution in [0.5, 0.6) is 0 Å². The van der Waals surface area contributed by atoms with Gasteiger partial charge in [0.05, 0.1) is 25.2 Å². The van der Waals surface area contributed by atoms with Crippen molar-refractivity contribution in [2.24, 2.45) is 0 Å². The van der Waals surface area contributed by atoms with Crippen molar-refractivity contribution < 1.29 is 105 Å². The van der Waals surface area contributed by atoms with E-state index in [1.807, 2.05) is 0 Å². The Hall–Kier alpha value is -1.84. The Balaban J connectivity index is -0.0000000476. The number of carboxylic acids is 5. The number of aliphatic hydroxyl groups excluding tert-OH is 5. The molecule has 8 N–H and O–H groups in total. The minimum Gasteiger partial charge on any atom is -0.548 e. The maximum Gasteiger partial charge on any atom is 0.329 e. The predicted molar refractivity (Wildman–Crippen MR) is 68.4 cm³/mol. The van der Waals surface area contributed by atoms with Gasteiger partial charge in [-0.3, -0.25) is 0 Å². The molecule has 0 aromatic carbocycles. The van der Waals surface area contributed by atoms with Crippen molar-refractivity contribution in [1.29, 1.82) is 0 Å². The van der Waals surface area contributed by atoms with Gasteiger partial charge in [-0.25, -0.2) is 14.4 Å². The van der Waals surface area contributed by atoms with Gasteiger partial charge in [-0.15, -0.1) is 0 Å². The third-order valence-corrected chi connectivity index (χ3v) is 0.664. The summed E-state index contributed by atoms with van der Waals surface area (Å²) < 4.78 is 0. The zero-order chi connectivity index (χ0) is 21.4. The van der Waals surface area contributed by atoms with E-state index in [2.05, 4.69) is 0 Å². The van der Waals surface area contributed by atoms with Crippen molar-refractivity contribution in [2.75, 3.05) is 33.0 Å². The van der Waals surface area contributed by atoms with Gasteiger partial charge in [-0.05, 0) is 0 Å². The first-order valence-electron chi connectivity index (χ1n) is 5.45. The first-order chi connectivity index (χ1) is 11.4. The molecule has 0 aromatic rings. The van der Waals surface area contributed by atoms with Crippen LogP contribution in [0.25, 0.3) is 0 Å². The molecule has 0 bridgehead atoms. The van der Waals surface area contributed by atoms with Crippen LogP contribution in [0.2, 0.25) is 0 Å². The summed E-state index contributed by atoms with van der Waals surface area (Å²) in [6.45, 7) is -4.11. The number of aliphatic carboxylic acids is 5. The first-order valence-corrected chi connectivity index (χ1v) is 5.45. The van der Waals surface area contributed by atoms with E-state index in [1.54, 1.807) is 0 Å². The molecule has 0 unspecified atom stereocenters. The third-order valence-electron chi connectivity index (χ3n) is 0.664. The molecule has 1 radical (unpaired) electrons. The summed E-state index contributed by atoms with van der Waals surface area (Å²) in [5.41, 5.74) is 0. The van der Waals surface area contributed by atoms with Crippen LogP contribution in [-0.4, -0.2) is 104 Å². The molecule has 0 fully saturated rings. The molecule has 0 heterocycles. The number of hydrogen-bond acceptors (Lipinski definition) is 12. The van der Waals surface area contributed by atoms with Crippen LogP contribution in [0, 0.1) is 29.9 Å². The number of rotatable bonds is 5. The van der Waals surface area contributed by atoms with E-state index in [0.29, 0.717) is 0 Å². The summed E-state index contributed by atoms with van der Waals surface area (Å²) in [7, 11) is 0. The Bertz CT molecular complexity index is 288. The quantitative estimate of drug-likeness (QED) is 0.143. The second-order valence-electron chi connectivity index (χ2n) is 2.72. The minimum atomic E-state index is -1.44. The van der Waals surface area contributed by atoms with Crippen molar-refractivity contribution in [3.8, 4) is 0 Å². The van der Waals surface area contributed by atoms with Gasteiger partial charge < -0.3 is 60.7 Å². The normalized spacial score (nSPS) is 7.12. The summed E-state index contributed by atoms with van der Waals surface area (Å²) >= 11 is 0. The Morgan fingerprint density at radius 2 is 0.577 bits per heavy atom. The van der Waals surface area contributed by atoms with Crippen LogP contribution in [0.3, 0.4) is 0 Å². The zero-order valence-corrected chi connectivity index (χ0v) is 16.6. The molecular weight excluding hydrogens is 597 g/mol. The summed E-state index contributed by atoms with van der Waals surface area (Å²) in [5.74, 6) is -6.45. The second kappa shape index (κ2) is 34.5. The first kappa shape index (κ1) is 39.3. The Morgan fingerprint density at radius 1 is 0.500 bits per heavy atom. The van der Waals surface area contributed by atoms with E-state index in [4.69, 9.17) is 75.0 Å². The van der Waals surface area contributed by atoms with Gasteiger partial charge >= 0.3 is 17.9 Å². The maximum absolute atomic E-state index is 9.12. The van der Waals surface area contributed by atoms with Gasteiger partial charge in [0.2, 0.25) is 0 Å².